The molecule has 1 amide bonds. The lowest BCUT2D eigenvalue weighted by atomic mass is 10.0. The normalized spacial score (nSPS) is 18.6. The van der Waals surface area contributed by atoms with Crippen LogP contribution in [0.1, 0.15) is 43.6 Å². The number of piperazine rings is 1. The van der Waals surface area contributed by atoms with E-state index in [1.807, 2.05) is 0 Å². The fourth-order valence-corrected chi connectivity index (χ4v) is 2.47. The molecule has 0 radical (unpaired) electrons. The number of carbonyl (C=O) groups excluding carboxylic acids is 1. The van der Waals surface area contributed by atoms with Gasteiger partial charge in [-0.3, -0.25) is 9.88 Å². The summed E-state index contributed by atoms with van der Waals surface area (Å²) in [5.74, 6) is 0. The third kappa shape index (κ3) is 4.60. The minimum atomic E-state index is -4.59. The van der Waals surface area contributed by atoms with E-state index in [9.17, 15) is 23.2 Å². The summed E-state index contributed by atoms with van der Waals surface area (Å²) in [4.78, 5) is 17.6. The zero-order valence-electron chi connectivity index (χ0n) is 14.1. The molecule has 1 N–H and O–H groups in total. The Hall–Kier alpha value is -2.34. The van der Waals surface area contributed by atoms with Crippen LogP contribution in [-0.4, -0.2) is 41.2 Å². The highest BCUT2D eigenvalue weighted by atomic mass is 19.4. The van der Waals surface area contributed by atoms with Gasteiger partial charge in [0.05, 0.1) is 22.9 Å². The minimum absolute atomic E-state index is 0.119. The number of nitrogens with zero attached hydrogens (tertiary/aromatic N) is 3. The predicted molar refractivity (Wildman–Crippen MR) is 82.5 cm³/mol. The van der Waals surface area contributed by atoms with Crippen LogP contribution >= 0.6 is 0 Å². The van der Waals surface area contributed by atoms with Gasteiger partial charge in [0.1, 0.15) is 11.7 Å². The van der Waals surface area contributed by atoms with E-state index < -0.39 is 29.5 Å². The Kier molecular flexibility index (Phi) is 5.23. The minimum Gasteiger partial charge on any atom is -0.444 e. The van der Waals surface area contributed by atoms with Crippen molar-refractivity contribution in [3.8, 4) is 6.07 Å². The van der Waals surface area contributed by atoms with Gasteiger partial charge in [0.15, 0.2) is 0 Å². The van der Waals surface area contributed by atoms with Crippen molar-refractivity contribution >= 4 is 6.09 Å². The quantitative estimate of drug-likeness (QED) is 0.837. The smallest absolute Gasteiger partial charge is 0.417 e. The summed E-state index contributed by atoms with van der Waals surface area (Å²) in [5.41, 5.74) is -1.80. The maximum atomic E-state index is 12.8. The Balaban J connectivity index is 2.37. The molecule has 136 valence electrons. The van der Waals surface area contributed by atoms with Crippen LogP contribution in [0.3, 0.4) is 0 Å². The molecule has 1 aliphatic heterocycles. The Morgan fingerprint density at radius 2 is 2.12 bits per heavy atom. The second kappa shape index (κ2) is 6.88. The Morgan fingerprint density at radius 3 is 2.68 bits per heavy atom. The molecule has 1 fully saturated rings. The number of pyridine rings is 1. The first-order chi connectivity index (χ1) is 11.5. The van der Waals surface area contributed by atoms with E-state index in [1.165, 1.54) is 4.90 Å². The molecule has 1 saturated heterocycles. The van der Waals surface area contributed by atoms with Crippen LogP contribution in [0.2, 0.25) is 0 Å². The van der Waals surface area contributed by atoms with E-state index >= 15 is 0 Å². The van der Waals surface area contributed by atoms with Crippen LogP contribution < -0.4 is 5.32 Å². The number of nitrogens with one attached hydrogen (secondary N) is 1. The van der Waals surface area contributed by atoms with E-state index in [0.29, 0.717) is 19.3 Å². The average Bonchev–Trinajstić information content (AvgIpc) is 2.51. The Labute approximate surface area is 143 Å². The zero-order chi connectivity index (χ0) is 18.8. The molecule has 25 heavy (non-hydrogen) atoms. The molecule has 0 spiro atoms. The highest BCUT2D eigenvalue weighted by molar-refractivity contribution is 5.69. The molecule has 0 bridgehead atoms. The van der Waals surface area contributed by atoms with Crippen LogP contribution in [0.25, 0.3) is 0 Å². The molecular formula is C16H19F3N4O2. The van der Waals surface area contributed by atoms with Crippen molar-refractivity contribution in [2.75, 3.05) is 19.6 Å². The van der Waals surface area contributed by atoms with Crippen molar-refractivity contribution in [3.63, 3.8) is 0 Å². The monoisotopic (exact) mass is 356 g/mol. The summed E-state index contributed by atoms with van der Waals surface area (Å²) in [6.45, 7) is 6.25. The number of ether oxygens (including phenoxy) is 1. The lowest BCUT2D eigenvalue weighted by Crippen LogP contribution is -2.50. The zero-order valence-corrected chi connectivity index (χ0v) is 14.1. The molecule has 1 aromatic rings. The number of rotatable bonds is 1. The van der Waals surface area contributed by atoms with Crippen molar-refractivity contribution < 1.29 is 22.7 Å². The topological polar surface area (TPSA) is 78.2 Å². The van der Waals surface area contributed by atoms with Crippen molar-refractivity contribution in [1.29, 1.82) is 5.26 Å². The standard InChI is InChI=1S/C16H19F3N4O2/c1-15(2,3)25-14(24)23-5-4-21-9-12(23)13-10(7-20)6-11(8-22-13)16(17,18)19/h6,8,12,21H,4-5,9H2,1-3H3. The number of carbonyl (C=O) groups is 1. The summed E-state index contributed by atoms with van der Waals surface area (Å²) in [6, 6.07) is 1.82. The van der Waals surface area contributed by atoms with Crippen LogP contribution in [0.4, 0.5) is 18.0 Å². The van der Waals surface area contributed by atoms with Crippen LogP contribution in [-0.2, 0) is 10.9 Å². The van der Waals surface area contributed by atoms with Crippen LogP contribution in [0.15, 0.2) is 12.3 Å². The molecule has 0 aromatic carbocycles. The first kappa shape index (κ1) is 19.0. The predicted octanol–water partition coefficient (Wildman–Crippen LogP) is 2.85. The molecular weight excluding hydrogens is 337 g/mol. The van der Waals surface area contributed by atoms with Crippen molar-refractivity contribution in [1.82, 2.24) is 15.2 Å². The second-order valence-electron chi connectivity index (χ2n) is 6.66. The number of aromatic nitrogens is 1. The van der Waals surface area contributed by atoms with Gasteiger partial charge in [-0.15, -0.1) is 0 Å². The van der Waals surface area contributed by atoms with Crippen LogP contribution in [0, 0.1) is 11.3 Å². The lowest BCUT2D eigenvalue weighted by Gasteiger charge is -2.37. The van der Waals surface area contributed by atoms with Gasteiger partial charge < -0.3 is 10.1 Å². The molecule has 2 rings (SSSR count). The van der Waals surface area contributed by atoms with E-state index in [1.54, 1.807) is 26.8 Å². The molecule has 0 aliphatic carbocycles. The van der Waals surface area contributed by atoms with Crippen molar-refractivity contribution in [2.45, 2.75) is 38.6 Å². The van der Waals surface area contributed by atoms with E-state index in [-0.39, 0.29) is 17.8 Å². The summed E-state index contributed by atoms with van der Waals surface area (Å²) < 4.78 is 43.8. The van der Waals surface area contributed by atoms with Gasteiger partial charge in [0.2, 0.25) is 0 Å². The van der Waals surface area contributed by atoms with Gasteiger partial charge >= 0.3 is 12.3 Å². The van der Waals surface area contributed by atoms with E-state index in [2.05, 4.69) is 10.3 Å². The SMILES string of the molecule is CC(C)(C)OC(=O)N1CCNCC1c1ncc(C(F)(F)F)cc1C#N. The fraction of sp³-hybridized carbons (Fsp3) is 0.562. The maximum absolute atomic E-state index is 12.8. The molecule has 0 saturated carbocycles. The van der Waals surface area contributed by atoms with Crippen molar-refractivity contribution in [3.05, 3.63) is 29.1 Å². The second-order valence-corrected chi connectivity index (χ2v) is 6.66. The lowest BCUT2D eigenvalue weighted by molar-refractivity contribution is -0.137. The summed E-state index contributed by atoms with van der Waals surface area (Å²) in [7, 11) is 0. The Bertz CT molecular complexity index is 692. The van der Waals surface area contributed by atoms with Crippen LogP contribution in [0.5, 0.6) is 0 Å². The van der Waals surface area contributed by atoms with E-state index in [4.69, 9.17) is 4.74 Å². The molecule has 1 unspecified atom stereocenters. The number of amides is 1. The molecule has 1 aliphatic rings. The first-order valence-corrected chi connectivity index (χ1v) is 7.70. The van der Waals surface area contributed by atoms with Crippen molar-refractivity contribution in [2.24, 2.45) is 0 Å². The molecule has 9 heteroatoms. The van der Waals surface area contributed by atoms with E-state index in [0.717, 1.165) is 6.07 Å². The van der Waals surface area contributed by atoms with Gasteiger partial charge in [-0.05, 0) is 26.8 Å². The van der Waals surface area contributed by atoms with Gasteiger partial charge in [0, 0.05) is 25.8 Å². The van der Waals surface area contributed by atoms with Gasteiger partial charge in [-0.25, -0.2) is 4.79 Å². The largest absolute Gasteiger partial charge is 0.444 e. The third-order valence-electron chi connectivity index (χ3n) is 3.55. The summed E-state index contributed by atoms with van der Waals surface area (Å²) in [5, 5.41) is 12.3. The Morgan fingerprint density at radius 1 is 1.44 bits per heavy atom. The third-order valence-corrected chi connectivity index (χ3v) is 3.55. The summed E-state index contributed by atoms with van der Waals surface area (Å²) in [6.07, 6.45) is -4.50. The summed E-state index contributed by atoms with van der Waals surface area (Å²) >= 11 is 0. The van der Waals surface area contributed by atoms with Gasteiger partial charge in [-0.2, -0.15) is 18.4 Å². The highest BCUT2D eigenvalue weighted by Gasteiger charge is 2.36. The average molecular weight is 356 g/mol. The maximum Gasteiger partial charge on any atom is 0.417 e. The molecule has 6 nitrogen and oxygen atoms in total. The highest BCUT2D eigenvalue weighted by Crippen LogP contribution is 2.32. The van der Waals surface area contributed by atoms with Gasteiger partial charge in [-0.1, -0.05) is 0 Å². The number of hydrogen-bond acceptors (Lipinski definition) is 5. The molecule has 1 aromatic heterocycles. The fourth-order valence-electron chi connectivity index (χ4n) is 2.47. The number of alkyl halides is 3. The number of hydrogen-bond donors (Lipinski definition) is 1. The first-order valence-electron chi connectivity index (χ1n) is 7.70. The van der Waals surface area contributed by atoms with Gasteiger partial charge in [0.25, 0.3) is 0 Å². The molecule has 1 atom stereocenters. The number of halogens is 3. The number of nitriles is 1. The molecule has 2 heterocycles.